The van der Waals surface area contributed by atoms with Crippen molar-refractivity contribution in [1.29, 1.82) is 0 Å². The number of hydrogen-bond donors (Lipinski definition) is 3. The van der Waals surface area contributed by atoms with Crippen LogP contribution in [0.25, 0.3) is 10.9 Å². The van der Waals surface area contributed by atoms with E-state index in [9.17, 15) is 9.59 Å². The number of carbonyl (C=O) groups excluding carboxylic acids is 2. The molecule has 6 nitrogen and oxygen atoms in total. The number of likely N-dealkylation sites (tertiary alicyclic amines) is 1. The second-order valence-electron chi connectivity index (χ2n) is 8.16. The smallest absolute Gasteiger partial charge is 0.356 e. The van der Waals surface area contributed by atoms with Gasteiger partial charge in [0.25, 0.3) is 5.91 Å². The van der Waals surface area contributed by atoms with Gasteiger partial charge in [-0.25, -0.2) is 4.79 Å². The highest BCUT2D eigenvalue weighted by Gasteiger charge is 2.26. The molecule has 1 aromatic heterocycles. The van der Waals surface area contributed by atoms with Crippen molar-refractivity contribution in [2.45, 2.75) is 19.3 Å². The number of ether oxygens (including phenoxy) is 1. The minimum absolute atomic E-state index is 0.0949. The molecule has 0 unspecified atom stereocenters. The summed E-state index contributed by atoms with van der Waals surface area (Å²) in [5, 5.41) is 3.74. The van der Waals surface area contributed by atoms with Gasteiger partial charge in [0.1, 0.15) is 5.69 Å². The number of methoxy groups -OCH3 is 1. The lowest BCUT2D eigenvalue weighted by Gasteiger charge is -2.29. The van der Waals surface area contributed by atoms with E-state index in [2.05, 4.69) is 50.5 Å². The summed E-state index contributed by atoms with van der Waals surface area (Å²) in [6, 6.07) is 16.2. The SMILES string of the molecule is COC(=O)c1[nH]c2ccc(Br)cc2c1NC(=O)C[NH+]1CCC(Cc2ccccc2)CC1. The van der Waals surface area contributed by atoms with Crippen molar-refractivity contribution in [3.8, 4) is 0 Å². The Morgan fingerprint density at radius 2 is 1.90 bits per heavy atom. The third-order valence-corrected chi connectivity index (χ3v) is 6.50. The van der Waals surface area contributed by atoms with Crippen molar-refractivity contribution in [3.05, 3.63) is 64.3 Å². The largest absolute Gasteiger partial charge is 0.464 e. The highest BCUT2D eigenvalue weighted by Crippen LogP contribution is 2.30. The molecule has 2 aromatic carbocycles. The van der Waals surface area contributed by atoms with Crippen molar-refractivity contribution < 1.29 is 19.2 Å². The van der Waals surface area contributed by atoms with Gasteiger partial charge in [-0.3, -0.25) is 4.79 Å². The highest BCUT2D eigenvalue weighted by atomic mass is 79.9. The van der Waals surface area contributed by atoms with Crippen LogP contribution in [0.1, 0.15) is 28.9 Å². The van der Waals surface area contributed by atoms with Gasteiger partial charge in [0.05, 0.1) is 25.9 Å². The van der Waals surface area contributed by atoms with Crippen LogP contribution in [-0.2, 0) is 16.0 Å². The minimum atomic E-state index is -0.503. The Balaban J connectivity index is 1.39. The highest BCUT2D eigenvalue weighted by molar-refractivity contribution is 9.10. The Morgan fingerprint density at radius 1 is 1.16 bits per heavy atom. The molecule has 1 aliphatic heterocycles. The number of aromatic amines is 1. The molecule has 1 aliphatic rings. The number of amides is 1. The summed E-state index contributed by atoms with van der Waals surface area (Å²) in [4.78, 5) is 29.4. The van der Waals surface area contributed by atoms with Gasteiger partial charge < -0.3 is 19.9 Å². The van der Waals surface area contributed by atoms with Crippen LogP contribution in [0.5, 0.6) is 0 Å². The maximum Gasteiger partial charge on any atom is 0.356 e. The van der Waals surface area contributed by atoms with E-state index in [0.717, 1.165) is 47.7 Å². The molecule has 0 aliphatic carbocycles. The Hall–Kier alpha value is -2.64. The van der Waals surface area contributed by atoms with Gasteiger partial charge in [0, 0.05) is 15.4 Å². The molecular formula is C24H27BrN3O3+. The molecule has 1 fully saturated rings. The topological polar surface area (TPSA) is 75.6 Å². The molecular weight excluding hydrogens is 458 g/mol. The molecule has 7 heteroatoms. The molecule has 162 valence electrons. The van der Waals surface area contributed by atoms with Crippen molar-refractivity contribution >= 4 is 44.4 Å². The number of halogens is 1. The molecule has 1 saturated heterocycles. The molecule has 2 heterocycles. The number of H-pyrrole nitrogens is 1. The molecule has 0 saturated carbocycles. The zero-order valence-electron chi connectivity index (χ0n) is 17.5. The molecule has 3 aromatic rings. The number of hydrogen-bond acceptors (Lipinski definition) is 3. The third kappa shape index (κ3) is 5.17. The summed E-state index contributed by atoms with van der Waals surface area (Å²) in [5.41, 5.74) is 2.90. The summed E-state index contributed by atoms with van der Waals surface area (Å²) < 4.78 is 5.76. The van der Waals surface area contributed by atoms with Crippen LogP contribution in [0.4, 0.5) is 5.69 Å². The number of quaternary nitrogens is 1. The molecule has 31 heavy (non-hydrogen) atoms. The van der Waals surface area contributed by atoms with Crippen LogP contribution >= 0.6 is 15.9 Å². The number of aromatic nitrogens is 1. The van der Waals surface area contributed by atoms with Gasteiger partial charge >= 0.3 is 5.97 Å². The lowest BCUT2D eigenvalue weighted by molar-refractivity contribution is -0.898. The second kappa shape index (κ2) is 9.66. The minimum Gasteiger partial charge on any atom is -0.464 e. The number of esters is 1. The van der Waals surface area contributed by atoms with E-state index in [1.165, 1.54) is 17.6 Å². The summed E-state index contributed by atoms with van der Waals surface area (Å²) in [6.07, 6.45) is 3.34. The standard InChI is InChI=1S/C24H26BrN3O3/c1-31-24(30)23-22(19-14-18(25)7-8-20(19)26-23)27-21(29)15-28-11-9-17(10-12-28)13-16-5-3-2-4-6-16/h2-8,14,17,26H,9-13,15H2,1H3,(H,27,29)/p+1. The number of nitrogens with one attached hydrogen (secondary N) is 3. The van der Waals surface area contributed by atoms with E-state index in [-0.39, 0.29) is 11.6 Å². The first kappa shape index (κ1) is 21.6. The van der Waals surface area contributed by atoms with E-state index in [0.29, 0.717) is 18.2 Å². The molecule has 3 N–H and O–H groups in total. The van der Waals surface area contributed by atoms with Gasteiger partial charge in [-0.1, -0.05) is 46.3 Å². The number of carbonyl (C=O) groups is 2. The first-order chi connectivity index (χ1) is 15.0. The zero-order chi connectivity index (χ0) is 21.8. The van der Waals surface area contributed by atoms with Crippen molar-refractivity contribution in [3.63, 3.8) is 0 Å². The van der Waals surface area contributed by atoms with Gasteiger partial charge in [0.15, 0.2) is 6.54 Å². The third-order valence-electron chi connectivity index (χ3n) is 6.00. The number of piperidine rings is 1. The fourth-order valence-electron chi connectivity index (χ4n) is 4.37. The summed E-state index contributed by atoms with van der Waals surface area (Å²) >= 11 is 3.46. The molecule has 1 amide bonds. The fraction of sp³-hybridized carbons (Fsp3) is 0.333. The van der Waals surface area contributed by atoms with Crippen LogP contribution in [-0.4, -0.2) is 43.6 Å². The van der Waals surface area contributed by atoms with E-state index in [1.54, 1.807) is 0 Å². The maximum absolute atomic E-state index is 12.8. The summed E-state index contributed by atoms with van der Waals surface area (Å²) in [6.45, 7) is 2.35. The lowest BCUT2D eigenvalue weighted by atomic mass is 9.90. The number of fused-ring (bicyclic) bond motifs is 1. The molecule has 4 rings (SSSR count). The van der Waals surface area contributed by atoms with Crippen LogP contribution in [0.3, 0.4) is 0 Å². The monoisotopic (exact) mass is 484 g/mol. The molecule has 0 bridgehead atoms. The fourth-order valence-corrected chi connectivity index (χ4v) is 4.74. The lowest BCUT2D eigenvalue weighted by Crippen LogP contribution is -3.14. The zero-order valence-corrected chi connectivity index (χ0v) is 19.1. The van der Waals surface area contributed by atoms with Crippen molar-refractivity contribution in [2.75, 3.05) is 32.1 Å². The second-order valence-corrected chi connectivity index (χ2v) is 9.08. The Labute approximate surface area is 190 Å². The maximum atomic E-state index is 12.8. The molecule has 0 atom stereocenters. The first-order valence-electron chi connectivity index (χ1n) is 10.6. The van der Waals surface area contributed by atoms with E-state index < -0.39 is 5.97 Å². The predicted molar refractivity (Wildman–Crippen MR) is 124 cm³/mol. The normalized spacial score (nSPS) is 18.6. The van der Waals surface area contributed by atoms with Crippen LogP contribution in [0.15, 0.2) is 53.0 Å². The Bertz CT molecular complexity index is 1070. The van der Waals surface area contributed by atoms with Gasteiger partial charge in [-0.15, -0.1) is 0 Å². The summed E-state index contributed by atoms with van der Waals surface area (Å²) in [7, 11) is 1.33. The Kier molecular flexibility index (Phi) is 6.73. The number of benzene rings is 2. The number of rotatable bonds is 6. The van der Waals surface area contributed by atoms with Gasteiger partial charge in [0.2, 0.25) is 0 Å². The van der Waals surface area contributed by atoms with E-state index in [4.69, 9.17) is 4.74 Å². The average molecular weight is 485 g/mol. The van der Waals surface area contributed by atoms with Crippen LogP contribution < -0.4 is 10.2 Å². The van der Waals surface area contributed by atoms with Crippen LogP contribution in [0.2, 0.25) is 0 Å². The van der Waals surface area contributed by atoms with Crippen molar-refractivity contribution in [2.24, 2.45) is 5.92 Å². The molecule has 0 radical (unpaired) electrons. The number of anilines is 1. The molecule has 0 spiro atoms. The van der Waals surface area contributed by atoms with Crippen molar-refractivity contribution in [1.82, 2.24) is 4.98 Å². The quantitative estimate of drug-likeness (QED) is 0.470. The van der Waals surface area contributed by atoms with E-state index in [1.807, 2.05) is 24.3 Å². The first-order valence-corrected chi connectivity index (χ1v) is 11.4. The van der Waals surface area contributed by atoms with Gasteiger partial charge in [-0.2, -0.15) is 0 Å². The Morgan fingerprint density at radius 3 is 2.61 bits per heavy atom. The predicted octanol–water partition coefficient (Wildman–Crippen LogP) is 3.19. The van der Waals surface area contributed by atoms with Gasteiger partial charge in [-0.05, 0) is 48.9 Å². The summed E-state index contributed by atoms with van der Waals surface area (Å²) in [5.74, 6) is 0.0744. The average Bonchev–Trinajstić information content (AvgIpc) is 3.12. The van der Waals surface area contributed by atoms with Crippen LogP contribution in [0, 0.1) is 5.92 Å². The van der Waals surface area contributed by atoms with E-state index >= 15 is 0 Å².